The zero-order valence-electron chi connectivity index (χ0n) is 25.2. The third-order valence-corrected chi connectivity index (χ3v) is 8.60. The van der Waals surface area contributed by atoms with Crippen molar-refractivity contribution in [2.24, 2.45) is 0 Å². The summed E-state index contributed by atoms with van der Waals surface area (Å²) in [6.07, 6.45) is 1.81. The molecule has 0 aliphatic carbocycles. The highest BCUT2D eigenvalue weighted by Gasteiger charge is 2.18. The number of fused-ring (bicyclic) bond motifs is 4. The van der Waals surface area contributed by atoms with Gasteiger partial charge in [0.15, 0.2) is 17.5 Å². The van der Waals surface area contributed by atoms with Crippen LogP contribution in [0.15, 0.2) is 162 Å². The molecule has 5 heteroatoms. The molecule has 220 valence electrons. The van der Waals surface area contributed by atoms with Crippen LogP contribution in [0.25, 0.3) is 89.3 Å². The smallest absolute Gasteiger partial charge is 0.164 e. The van der Waals surface area contributed by atoms with Crippen molar-refractivity contribution >= 4 is 32.8 Å². The molecule has 0 spiro atoms. The first-order chi connectivity index (χ1) is 23.3. The molecule has 9 rings (SSSR count). The Kier molecular flexibility index (Phi) is 6.39. The van der Waals surface area contributed by atoms with E-state index in [2.05, 4.69) is 89.9 Å². The van der Waals surface area contributed by atoms with Gasteiger partial charge in [-0.05, 0) is 46.5 Å². The van der Waals surface area contributed by atoms with Crippen LogP contribution in [-0.4, -0.2) is 19.9 Å². The van der Waals surface area contributed by atoms with E-state index in [0.717, 1.165) is 60.7 Å². The van der Waals surface area contributed by atoms with Gasteiger partial charge in [-0.3, -0.25) is 4.98 Å². The van der Waals surface area contributed by atoms with E-state index in [-0.39, 0.29) is 0 Å². The van der Waals surface area contributed by atoms with E-state index in [1.54, 1.807) is 0 Å². The number of aromatic nitrogens is 4. The summed E-state index contributed by atoms with van der Waals surface area (Å²) in [6, 6.07) is 51.7. The molecule has 5 nitrogen and oxygen atoms in total. The fraction of sp³-hybridized carbons (Fsp3) is 0. The second kappa shape index (κ2) is 11.2. The second-order valence-electron chi connectivity index (χ2n) is 11.5. The van der Waals surface area contributed by atoms with Gasteiger partial charge in [0.1, 0.15) is 11.2 Å². The summed E-state index contributed by atoms with van der Waals surface area (Å²) in [5.41, 5.74) is 9.89. The number of benzene rings is 6. The highest BCUT2D eigenvalue weighted by molar-refractivity contribution is 6.14. The molecule has 0 aliphatic heterocycles. The van der Waals surface area contributed by atoms with Crippen molar-refractivity contribution in [2.75, 3.05) is 0 Å². The molecule has 3 heterocycles. The van der Waals surface area contributed by atoms with Gasteiger partial charge in [-0.2, -0.15) is 0 Å². The van der Waals surface area contributed by atoms with Crippen LogP contribution < -0.4 is 0 Å². The monoisotopic (exact) mass is 602 g/mol. The SMILES string of the molecule is c1ccc(-c2ccc(-c3ccc(-c4nc(-c5ccccc5)nc(-c5cccc6oc7cc8cccnc8cc7c56)n4)cc3)cc2)cc1. The minimum Gasteiger partial charge on any atom is -0.456 e. The first-order valence-electron chi connectivity index (χ1n) is 15.5. The molecule has 0 unspecified atom stereocenters. The number of nitrogens with zero attached hydrogens (tertiary/aromatic N) is 4. The van der Waals surface area contributed by atoms with Crippen molar-refractivity contribution in [3.8, 4) is 56.4 Å². The van der Waals surface area contributed by atoms with E-state index in [9.17, 15) is 0 Å². The number of furan rings is 1. The van der Waals surface area contributed by atoms with Gasteiger partial charge < -0.3 is 4.42 Å². The Labute approximate surface area is 270 Å². The van der Waals surface area contributed by atoms with Gasteiger partial charge in [-0.1, -0.05) is 127 Å². The quantitative estimate of drug-likeness (QED) is 0.196. The van der Waals surface area contributed by atoms with Crippen LogP contribution in [0.4, 0.5) is 0 Å². The van der Waals surface area contributed by atoms with E-state index in [4.69, 9.17) is 19.4 Å². The number of hydrogen-bond donors (Lipinski definition) is 0. The summed E-state index contributed by atoms with van der Waals surface area (Å²) < 4.78 is 6.34. The summed E-state index contributed by atoms with van der Waals surface area (Å²) in [6.45, 7) is 0. The molecule has 9 aromatic rings. The Balaban J connectivity index is 1.16. The van der Waals surface area contributed by atoms with E-state index in [1.807, 2.05) is 72.9 Å². The van der Waals surface area contributed by atoms with E-state index >= 15 is 0 Å². The minimum atomic E-state index is 0.587. The van der Waals surface area contributed by atoms with Crippen LogP contribution in [-0.2, 0) is 0 Å². The fourth-order valence-corrected chi connectivity index (χ4v) is 6.22. The molecule has 0 amide bonds. The maximum atomic E-state index is 6.34. The van der Waals surface area contributed by atoms with Crippen molar-refractivity contribution < 1.29 is 4.42 Å². The van der Waals surface area contributed by atoms with Crippen molar-refractivity contribution in [1.82, 2.24) is 19.9 Å². The van der Waals surface area contributed by atoms with Crippen LogP contribution in [0.5, 0.6) is 0 Å². The molecule has 0 radical (unpaired) electrons. The molecule has 0 bridgehead atoms. The maximum Gasteiger partial charge on any atom is 0.164 e. The van der Waals surface area contributed by atoms with Crippen LogP contribution >= 0.6 is 0 Å². The molecule has 0 saturated carbocycles. The van der Waals surface area contributed by atoms with Crippen molar-refractivity contribution in [3.05, 3.63) is 158 Å². The van der Waals surface area contributed by atoms with E-state index < -0.39 is 0 Å². The van der Waals surface area contributed by atoms with Gasteiger partial charge in [0.25, 0.3) is 0 Å². The summed E-state index contributed by atoms with van der Waals surface area (Å²) in [7, 11) is 0. The Morgan fingerprint density at radius 1 is 0.404 bits per heavy atom. The summed E-state index contributed by atoms with van der Waals surface area (Å²) in [5, 5.41) is 2.97. The fourth-order valence-electron chi connectivity index (χ4n) is 6.22. The lowest BCUT2D eigenvalue weighted by Crippen LogP contribution is -2.00. The predicted octanol–water partition coefficient (Wildman–Crippen LogP) is 10.7. The van der Waals surface area contributed by atoms with Crippen molar-refractivity contribution in [3.63, 3.8) is 0 Å². The number of hydrogen-bond acceptors (Lipinski definition) is 5. The molecular weight excluding hydrogens is 576 g/mol. The molecule has 3 aromatic heterocycles. The molecule has 0 fully saturated rings. The summed E-state index contributed by atoms with van der Waals surface area (Å²) in [4.78, 5) is 19.6. The lowest BCUT2D eigenvalue weighted by Gasteiger charge is -2.10. The molecule has 47 heavy (non-hydrogen) atoms. The van der Waals surface area contributed by atoms with Gasteiger partial charge in [0.2, 0.25) is 0 Å². The zero-order chi connectivity index (χ0) is 31.2. The van der Waals surface area contributed by atoms with Gasteiger partial charge in [0, 0.05) is 39.0 Å². The minimum absolute atomic E-state index is 0.587. The third kappa shape index (κ3) is 4.91. The van der Waals surface area contributed by atoms with Crippen molar-refractivity contribution in [1.29, 1.82) is 0 Å². The second-order valence-corrected chi connectivity index (χ2v) is 11.5. The average Bonchev–Trinajstić information content (AvgIpc) is 3.52. The normalized spacial score (nSPS) is 11.4. The van der Waals surface area contributed by atoms with Crippen LogP contribution in [0, 0.1) is 0 Å². The van der Waals surface area contributed by atoms with E-state index in [1.165, 1.54) is 11.1 Å². The third-order valence-electron chi connectivity index (χ3n) is 8.60. The van der Waals surface area contributed by atoms with Crippen molar-refractivity contribution in [2.45, 2.75) is 0 Å². The molecule has 0 N–H and O–H groups in total. The zero-order valence-corrected chi connectivity index (χ0v) is 25.2. The van der Waals surface area contributed by atoms with Crippen LogP contribution in [0.3, 0.4) is 0 Å². The Morgan fingerprint density at radius 2 is 0.957 bits per heavy atom. The number of rotatable bonds is 5. The average molecular weight is 603 g/mol. The summed E-state index contributed by atoms with van der Waals surface area (Å²) in [5.74, 6) is 1.81. The first-order valence-corrected chi connectivity index (χ1v) is 15.5. The summed E-state index contributed by atoms with van der Waals surface area (Å²) >= 11 is 0. The molecular formula is C42H26N4O. The maximum absolute atomic E-state index is 6.34. The number of pyridine rings is 1. The van der Waals surface area contributed by atoms with Crippen LogP contribution in [0.1, 0.15) is 0 Å². The lowest BCUT2D eigenvalue weighted by atomic mass is 9.99. The Hall–Kier alpha value is -6.46. The molecule has 0 saturated heterocycles. The van der Waals surface area contributed by atoms with Gasteiger partial charge in [0.05, 0.1) is 5.52 Å². The molecule has 0 aliphatic rings. The Bertz CT molecular complexity index is 2540. The highest BCUT2D eigenvalue weighted by atomic mass is 16.3. The largest absolute Gasteiger partial charge is 0.456 e. The van der Waals surface area contributed by atoms with Gasteiger partial charge >= 0.3 is 0 Å². The molecule has 6 aromatic carbocycles. The lowest BCUT2D eigenvalue weighted by molar-refractivity contribution is 0.669. The highest BCUT2D eigenvalue weighted by Crippen LogP contribution is 2.38. The first kappa shape index (κ1) is 26.9. The standard InChI is InChI=1S/C42H26N4O/c1-3-9-27(10-4-1)28-16-18-29(19-17-28)30-20-22-32(23-21-30)41-44-40(31-11-5-2-6-12-31)45-42(46-41)34-14-7-15-37-39(34)35-26-36-33(13-8-24-43-36)25-38(35)47-37/h1-26H. The van der Waals surface area contributed by atoms with Gasteiger partial charge in [-0.15, -0.1) is 0 Å². The topological polar surface area (TPSA) is 64.7 Å². The molecule has 0 atom stereocenters. The Morgan fingerprint density at radius 3 is 1.62 bits per heavy atom. The predicted molar refractivity (Wildman–Crippen MR) is 190 cm³/mol. The van der Waals surface area contributed by atoms with Gasteiger partial charge in [-0.25, -0.2) is 15.0 Å². The van der Waals surface area contributed by atoms with E-state index in [0.29, 0.717) is 17.5 Å². The van der Waals surface area contributed by atoms with Crippen LogP contribution in [0.2, 0.25) is 0 Å².